The average molecular weight is 685 g/mol. The molecule has 0 amide bonds. The van der Waals surface area contributed by atoms with Crippen molar-refractivity contribution in [2.24, 2.45) is 17.8 Å². The van der Waals surface area contributed by atoms with E-state index in [0.717, 1.165) is 11.6 Å². The smallest absolute Gasteiger partial charge is 0.0561 e. The van der Waals surface area contributed by atoms with E-state index in [-0.39, 0.29) is 5.41 Å². The van der Waals surface area contributed by atoms with Gasteiger partial charge in [-0.1, -0.05) is 135 Å². The van der Waals surface area contributed by atoms with Crippen molar-refractivity contribution in [3.05, 3.63) is 169 Å². The van der Waals surface area contributed by atoms with Gasteiger partial charge in [-0.3, -0.25) is 0 Å². The maximum atomic E-state index is 2.56. The number of fused-ring (bicyclic) bond motifs is 12. The lowest BCUT2D eigenvalue weighted by Gasteiger charge is -2.54. The Morgan fingerprint density at radius 3 is 2.21 bits per heavy atom. The molecule has 3 aliphatic carbocycles. The Balaban J connectivity index is 1.17. The molecular formula is C51H44N2. The zero-order chi connectivity index (χ0) is 35.1. The first-order valence-electron chi connectivity index (χ1n) is 19.8. The third-order valence-electron chi connectivity index (χ3n) is 13.5. The second-order valence-corrected chi connectivity index (χ2v) is 15.9. The van der Waals surface area contributed by atoms with Crippen LogP contribution in [0.5, 0.6) is 0 Å². The summed E-state index contributed by atoms with van der Waals surface area (Å²) < 4.78 is 2.43. The first-order valence-corrected chi connectivity index (χ1v) is 19.8. The minimum Gasteiger partial charge on any atom is -0.310 e. The minimum atomic E-state index is 0.107. The summed E-state index contributed by atoms with van der Waals surface area (Å²) in [5.74, 6) is 2.28. The van der Waals surface area contributed by atoms with Crippen molar-refractivity contribution in [1.82, 2.24) is 4.57 Å². The van der Waals surface area contributed by atoms with Crippen LogP contribution in [0.15, 0.2) is 158 Å². The van der Waals surface area contributed by atoms with Gasteiger partial charge in [0.2, 0.25) is 0 Å². The molecule has 4 unspecified atom stereocenters. The molecule has 2 fully saturated rings. The molecule has 3 aliphatic rings. The molecule has 0 N–H and O–H groups in total. The number of hydrogen-bond acceptors (Lipinski definition) is 1. The molecule has 0 radical (unpaired) electrons. The largest absolute Gasteiger partial charge is 0.310 e. The highest BCUT2D eigenvalue weighted by atomic mass is 15.1. The van der Waals surface area contributed by atoms with Crippen LogP contribution in [-0.4, -0.2) is 4.57 Å². The standard InChI is InChI=1S/C51H44N2/c1-2-36-30-34-14-12-17-37(31-34)51(36)46-23-10-8-21-42(46)45-32-39(27-29-47(45)51)52(48-25-13-16-35-15-6-7-20-41(35)48)40-26-28-44-43-22-9-11-24-49(43)53(50(44)33-40)38-18-4-3-5-19-38/h3-11,13,15-16,18-29,32-34,36-37H,2,12,14,17,30-31H2,1H3. The number of benzene rings is 7. The van der Waals surface area contributed by atoms with Gasteiger partial charge in [0.05, 0.1) is 16.7 Å². The first kappa shape index (κ1) is 31.0. The van der Waals surface area contributed by atoms with Crippen molar-refractivity contribution in [3.8, 4) is 16.8 Å². The van der Waals surface area contributed by atoms with E-state index in [1.165, 1.54) is 99.3 Å². The van der Waals surface area contributed by atoms with Gasteiger partial charge in [0, 0.05) is 38.6 Å². The molecular weight excluding hydrogens is 641 g/mol. The summed E-state index contributed by atoms with van der Waals surface area (Å²) >= 11 is 0. The maximum Gasteiger partial charge on any atom is 0.0561 e. The number of anilines is 3. The Hall–Kier alpha value is -5.60. The third-order valence-corrected chi connectivity index (χ3v) is 13.5. The van der Waals surface area contributed by atoms with E-state index in [2.05, 4.69) is 174 Å². The molecule has 11 rings (SSSR count). The van der Waals surface area contributed by atoms with Gasteiger partial charge in [-0.2, -0.15) is 0 Å². The highest BCUT2D eigenvalue weighted by molar-refractivity contribution is 6.11. The fourth-order valence-corrected chi connectivity index (χ4v) is 11.5. The minimum absolute atomic E-state index is 0.107. The van der Waals surface area contributed by atoms with Gasteiger partial charge < -0.3 is 9.47 Å². The molecule has 2 bridgehead atoms. The topological polar surface area (TPSA) is 8.17 Å². The van der Waals surface area contributed by atoms with Crippen LogP contribution in [0.3, 0.4) is 0 Å². The zero-order valence-electron chi connectivity index (χ0n) is 30.4. The molecule has 0 aliphatic heterocycles. The highest BCUT2D eigenvalue weighted by Gasteiger charge is 2.56. The molecule has 53 heavy (non-hydrogen) atoms. The molecule has 258 valence electrons. The van der Waals surface area contributed by atoms with Crippen molar-refractivity contribution in [1.29, 1.82) is 0 Å². The summed E-state index contributed by atoms with van der Waals surface area (Å²) in [5, 5.41) is 5.05. The number of aromatic nitrogens is 1. The lowest BCUT2D eigenvalue weighted by Crippen LogP contribution is -2.48. The highest BCUT2D eigenvalue weighted by Crippen LogP contribution is 2.65. The van der Waals surface area contributed by atoms with Gasteiger partial charge in [0.25, 0.3) is 0 Å². The van der Waals surface area contributed by atoms with Gasteiger partial charge in [0.1, 0.15) is 0 Å². The van der Waals surface area contributed by atoms with E-state index in [1.807, 2.05) is 0 Å². The Morgan fingerprint density at radius 1 is 0.585 bits per heavy atom. The maximum absolute atomic E-state index is 2.56. The lowest BCUT2D eigenvalue weighted by atomic mass is 9.50. The Morgan fingerprint density at radius 2 is 1.30 bits per heavy atom. The van der Waals surface area contributed by atoms with Gasteiger partial charge in [-0.05, 0) is 113 Å². The molecule has 1 heterocycles. The van der Waals surface area contributed by atoms with Crippen molar-refractivity contribution in [2.75, 3.05) is 4.90 Å². The molecule has 2 nitrogen and oxygen atoms in total. The van der Waals surface area contributed by atoms with Crippen LogP contribution in [-0.2, 0) is 5.41 Å². The van der Waals surface area contributed by atoms with E-state index in [4.69, 9.17) is 0 Å². The molecule has 1 spiro atoms. The molecule has 7 aromatic carbocycles. The Kier molecular flexibility index (Phi) is 6.99. The lowest BCUT2D eigenvalue weighted by molar-refractivity contribution is 0.0557. The normalized spacial score (nSPS) is 21.6. The molecule has 8 aromatic rings. The van der Waals surface area contributed by atoms with E-state index >= 15 is 0 Å². The molecule has 0 saturated heterocycles. The summed E-state index contributed by atoms with van der Waals surface area (Å²) in [6, 6.07) is 59.4. The van der Waals surface area contributed by atoms with Gasteiger partial charge in [-0.15, -0.1) is 0 Å². The van der Waals surface area contributed by atoms with Crippen LogP contribution in [0.2, 0.25) is 0 Å². The quantitative estimate of drug-likeness (QED) is 0.175. The zero-order valence-corrected chi connectivity index (χ0v) is 30.4. The van der Waals surface area contributed by atoms with Crippen LogP contribution in [0, 0.1) is 17.8 Å². The fourth-order valence-electron chi connectivity index (χ4n) is 11.5. The average Bonchev–Trinajstić information content (AvgIpc) is 3.70. The second-order valence-electron chi connectivity index (χ2n) is 15.9. The van der Waals surface area contributed by atoms with Crippen LogP contribution < -0.4 is 4.90 Å². The van der Waals surface area contributed by atoms with Gasteiger partial charge in [0.15, 0.2) is 0 Å². The van der Waals surface area contributed by atoms with Crippen LogP contribution >= 0.6 is 0 Å². The van der Waals surface area contributed by atoms with Crippen LogP contribution in [0.25, 0.3) is 49.4 Å². The number of hydrogen-bond donors (Lipinski definition) is 0. The van der Waals surface area contributed by atoms with E-state index < -0.39 is 0 Å². The van der Waals surface area contributed by atoms with Crippen molar-refractivity contribution < 1.29 is 0 Å². The van der Waals surface area contributed by atoms with Crippen molar-refractivity contribution >= 4 is 49.6 Å². The van der Waals surface area contributed by atoms with Crippen LogP contribution in [0.4, 0.5) is 17.1 Å². The Labute approximate surface area is 312 Å². The summed E-state index contributed by atoms with van der Waals surface area (Å²) in [5.41, 5.74) is 13.3. The molecule has 2 heteroatoms. The van der Waals surface area contributed by atoms with E-state index in [1.54, 1.807) is 11.1 Å². The molecule has 2 saturated carbocycles. The fraction of sp³-hybridized carbons (Fsp3) is 0.216. The number of nitrogens with zero attached hydrogens (tertiary/aromatic N) is 2. The summed E-state index contributed by atoms with van der Waals surface area (Å²) in [6.07, 6.45) is 8.12. The predicted octanol–water partition coefficient (Wildman–Crippen LogP) is 13.9. The Bertz CT molecular complexity index is 2670. The molecule has 1 aromatic heterocycles. The summed E-state index contributed by atoms with van der Waals surface area (Å²) in [4.78, 5) is 2.53. The summed E-state index contributed by atoms with van der Waals surface area (Å²) in [7, 11) is 0. The second kappa shape index (κ2) is 12.0. The third kappa shape index (κ3) is 4.45. The number of para-hydroxylation sites is 2. The number of rotatable bonds is 5. The predicted molar refractivity (Wildman–Crippen MR) is 223 cm³/mol. The van der Waals surface area contributed by atoms with Gasteiger partial charge in [-0.25, -0.2) is 0 Å². The summed E-state index contributed by atoms with van der Waals surface area (Å²) in [6.45, 7) is 2.45. The monoisotopic (exact) mass is 684 g/mol. The first-order chi connectivity index (χ1) is 26.2. The van der Waals surface area contributed by atoms with Crippen molar-refractivity contribution in [3.63, 3.8) is 0 Å². The SMILES string of the molecule is CCC1CC2CCCC(C2)C12c1ccccc1-c1cc(N(c3ccc4c5ccccc5n(-c5ccccc5)c4c3)c3cccc4ccccc34)ccc12. The molecule has 4 atom stereocenters. The van der Waals surface area contributed by atoms with Gasteiger partial charge >= 0.3 is 0 Å². The van der Waals surface area contributed by atoms with Crippen molar-refractivity contribution in [2.45, 2.75) is 50.9 Å². The van der Waals surface area contributed by atoms with E-state index in [0.29, 0.717) is 11.8 Å². The van der Waals surface area contributed by atoms with E-state index in [9.17, 15) is 0 Å². The van der Waals surface area contributed by atoms with Crippen LogP contribution in [0.1, 0.15) is 56.6 Å².